The number of nitrogens with one attached hydrogen (secondary N) is 1. The number of nitrogens with zero attached hydrogens (tertiary/aromatic N) is 2. The van der Waals surface area contributed by atoms with E-state index < -0.39 is 0 Å². The third-order valence-electron chi connectivity index (χ3n) is 3.98. The van der Waals surface area contributed by atoms with Gasteiger partial charge in [0.25, 0.3) is 0 Å². The molecule has 0 saturated carbocycles. The number of fused-ring (bicyclic) bond motifs is 1. The van der Waals surface area contributed by atoms with Gasteiger partial charge in [0.2, 0.25) is 12.7 Å². The lowest BCUT2D eigenvalue weighted by molar-refractivity contribution is -0.111. The van der Waals surface area contributed by atoms with Crippen molar-refractivity contribution in [3.63, 3.8) is 0 Å². The molecule has 6 nitrogen and oxygen atoms in total. The van der Waals surface area contributed by atoms with Crippen LogP contribution in [0.2, 0.25) is 5.02 Å². The van der Waals surface area contributed by atoms with Crippen molar-refractivity contribution in [3.05, 3.63) is 77.1 Å². The minimum Gasteiger partial charge on any atom is -0.454 e. The third kappa shape index (κ3) is 4.30. The molecule has 1 aliphatic rings. The van der Waals surface area contributed by atoms with Crippen LogP contribution in [0.1, 0.15) is 11.1 Å². The summed E-state index contributed by atoms with van der Waals surface area (Å²) in [6.07, 6.45) is 6.58. The van der Waals surface area contributed by atoms with E-state index in [1.807, 2.05) is 42.5 Å². The third-order valence-corrected chi connectivity index (χ3v) is 4.23. The molecule has 0 aliphatic carbocycles. The number of hydrogen-bond donors (Lipinski definition) is 1. The Labute approximate surface area is 161 Å². The molecule has 4 rings (SSSR count). The summed E-state index contributed by atoms with van der Waals surface area (Å²) in [6, 6.07) is 13.1. The second-order valence-electron chi connectivity index (χ2n) is 5.99. The normalized spacial score (nSPS) is 12.5. The van der Waals surface area contributed by atoms with E-state index in [0.29, 0.717) is 28.8 Å². The van der Waals surface area contributed by atoms with E-state index in [1.165, 1.54) is 6.08 Å². The van der Waals surface area contributed by atoms with Crippen LogP contribution < -0.4 is 14.8 Å². The monoisotopic (exact) mass is 381 g/mol. The Morgan fingerprint density at radius 2 is 2.00 bits per heavy atom. The number of benzene rings is 2. The highest BCUT2D eigenvalue weighted by atomic mass is 35.5. The maximum absolute atomic E-state index is 12.1. The van der Waals surface area contributed by atoms with Gasteiger partial charge in [-0.15, -0.1) is 0 Å². The highest BCUT2D eigenvalue weighted by Crippen LogP contribution is 2.32. The van der Waals surface area contributed by atoms with Gasteiger partial charge in [-0.1, -0.05) is 29.8 Å². The lowest BCUT2D eigenvalue weighted by atomic mass is 10.2. The zero-order valence-corrected chi connectivity index (χ0v) is 15.0. The molecular formula is C20H16ClN3O3. The van der Waals surface area contributed by atoms with Crippen molar-refractivity contribution in [2.45, 2.75) is 6.54 Å². The molecule has 0 spiro atoms. The summed E-state index contributed by atoms with van der Waals surface area (Å²) in [4.78, 5) is 12.1. The van der Waals surface area contributed by atoms with Crippen molar-refractivity contribution < 1.29 is 14.3 Å². The van der Waals surface area contributed by atoms with Crippen LogP contribution in [-0.4, -0.2) is 22.5 Å². The molecule has 0 unspecified atom stereocenters. The molecule has 1 aromatic heterocycles. The Hall–Kier alpha value is -3.25. The van der Waals surface area contributed by atoms with Crippen molar-refractivity contribution in [2.75, 3.05) is 12.1 Å². The van der Waals surface area contributed by atoms with Gasteiger partial charge in [-0.2, -0.15) is 5.10 Å². The van der Waals surface area contributed by atoms with Crippen LogP contribution >= 0.6 is 11.6 Å². The summed E-state index contributed by atoms with van der Waals surface area (Å²) in [5, 5.41) is 7.75. The molecule has 2 heterocycles. The largest absolute Gasteiger partial charge is 0.454 e. The molecular weight excluding hydrogens is 366 g/mol. The maximum Gasteiger partial charge on any atom is 0.248 e. The first-order valence-corrected chi connectivity index (χ1v) is 8.69. The Bertz CT molecular complexity index is 996. The minimum atomic E-state index is -0.237. The topological polar surface area (TPSA) is 65.4 Å². The molecule has 27 heavy (non-hydrogen) atoms. The van der Waals surface area contributed by atoms with Gasteiger partial charge in [-0.25, -0.2) is 0 Å². The number of anilines is 1. The van der Waals surface area contributed by atoms with Gasteiger partial charge in [-0.3, -0.25) is 9.48 Å². The number of amides is 1. The second kappa shape index (κ2) is 7.55. The molecule has 1 amide bonds. The fraction of sp³-hybridized carbons (Fsp3) is 0.100. The van der Waals surface area contributed by atoms with E-state index in [2.05, 4.69) is 10.4 Å². The van der Waals surface area contributed by atoms with E-state index >= 15 is 0 Å². The predicted octanol–water partition coefficient (Wildman–Crippen LogP) is 3.97. The Morgan fingerprint density at radius 3 is 2.85 bits per heavy atom. The van der Waals surface area contributed by atoms with Gasteiger partial charge in [-0.05, 0) is 41.5 Å². The molecule has 7 heteroatoms. The van der Waals surface area contributed by atoms with Crippen molar-refractivity contribution in [2.24, 2.45) is 0 Å². The van der Waals surface area contributed by atoms with E-state index in [1.54, 1.807) is 23.2 Å². The summed E-state index contributed by atoms with van der Waals surface area (Å²) in [6.45, 7) is 0.822. The molecule has 0 radical (unpaired) electrons. The quantitative estimate of drug-likeness (QED) is 0.679. The number of halogens is 1. The van der Waals surface area contributed by atoms with Crippen molar-refractivity contribution in [1.82, 2.24) is 9.78 Å². The predicted molar refractivity (Wildman–Crippen MR) is 103 cm³/mol. The summed E-state index contributed by atoms with van der Waals surface area (Å²) in [7, 11) is 0. The van der Waals surface area contributed by atoms with Gasteiger partial charge in [0.1, 0.15) is 0 Å². The molecule has 3 aromatic rings. The fourth-order valence-electron chi connectivity index (χ4n) is 2.66. The first-order chi connectivity index (χ1) is 13.2. The first-order valence-electron chi connectivity index (χ1n) is 8.31. The molecule has 1 N–H and O–H groups in total. The van der Waals surface area contributed by atoms with Gasteiger partial charge in [0, 0.05) is 17.3 Å². The van der Waals surface area contributed by atoms with Crippen LogP contribution in [0.4, 0.5) is 5.69 Å². The molecule has 136 valence electrons. The SMILES string of the molecule is O=C(/C=C/c1ccc2c(c1)OCO2)Nc1cnn(Cc2ccc(Cl)cc2)c1. The highest BCUT2D eigenvalue weighted by molar-refractivity contribution is 6.30. The van der Waals surface area contributed by atoms with Crippen LogP contribution in [0.3, 0.4) is 0 Å². The summed E-state index contributed by atoms with van der Waals surface area (Å²) < 4.78 is 12.3. The highest BCUT2D eigenvalue weighted by Gasteiger charge is 2.12. The number of carbonyl (C=O) groups is 1. The summed E-state index contributed by atoms with van der Waals surface area (Å²) >= 11 is 5.89. The molecule has 0 saturated heterocycles. The van der Waals surface area contributed by atoms with E-state index in [-0.39, 0.29) is 12.7 Å². The lowest BCUT2D eigenvalue weighted by Gasteiger charge is -2.02. The standard InChI is InChI=1S/C20H16ClN3O3/c21-16-5-1-15(2-6-16)11-24-12-17(10-22-24)23-20(25)8-4-14-3-7-18-19(9-14)27-13-26-18/h1-10,12H,11,13H2,(H,23,25)/b8-4+. The Morgan fingerprint density at radius 1 is 1.19 bits per heavy atom. The number of ether oxygens (including phenoxy) is 2. The van der Waals surface area contributed by atoms with Gasteiger partial charge in [0.15, 0.2) is 11.5 Å². The lowest BCUT2D eigenvalue weighted by Crippen LogP contribution is -2.07. The number of carbonyl (C=O) groups excluding carboxylic acids is 1. The molecule has 0 bridgehead atoms. The maximum atomic E-state index is 12.1. The van der Waals surface area contributed by atoms with Gasteiger partial charge < -0.3 is 14.8 Å². The van der Waals surface area contributed by atoms with Crippen LogP contribution in [-0.2, 0) is 11.3 Å². The number of rotatable bonds is 5. The number of hydrogen-bond acceptors (Lipinski definition) is 4. The van der Waals surface area contributed by atoms with E-state index in [4.69, 9.17) is 21.1 Å². The summed E-state index contributed by atoms with van der Waals surface area (Å²) in [5.41, 5.74) is 2.56. The van der Waals surface area contributed by atoms with Crippen molar-refractivity contribution >= 4 is 29.3 Å². The van der Waals surface area contributed by atoms with Crippen molar-refractivity contribution in [3.8, 4) is 11.5 Å². The second-order valence-corrected chi connectivity index (χ2v) is 6.42. The zero-order valence-electron chi connectivity index (χ0n) is 14.3. The van der Waals surface area contributed by atoms with Crippen LogP contribution in [0.25, 0.3) is 6.08 Å². The van der Waals surface area contributed by atoms with Crippen LogP contribution in [0.5, 0.6) is 11.5 Å². The van der Waals surface area contributed by atoms with Crippen molar-refractivity contribution in [1.29, 1.82) is 0 Å². The smallest absolute Gasteiger partial charge is 0.248 e. The molecule has 1 aliphatic heterocycles. The zero-order chi connectivity index (χ0) is 18.6. The molecule has 0 fully saturated rings. The average molecular weight is 382 g/mol. The Balaban J connectivity index is 1.35. The Kier molecular flexibility index (Phi) is 4.80. The fourth-order valence-corrected chi connectivity index (χ4v) is 2.79. The minimum absolute atomic E-state index is 0.225. The van der Waals surface area contributed by atoms with Crippen LogP contribution in [0.15, 0.2) is 60.9 Å². The summed E-state index contributed by atoms with van der Waals surface area (Å²) in [5.74, 6) is 1.16. The first kappa shape index (κ1) is 17.2. The van der Waals surface area contributed by atoms with E-state index in [0.717, 1.165) is 11.1 Å². The van der Waals surface area contributed by atoms with Crippen LogP contribution in [0, 0.1) is 0 Å². The van der Waals surface area contributed by atoms with E-state index in [9.17, 15) is 4.79 Å². The molecule has 0 atom stereocenters. The van der Waals surface area contributed by atoms with Gasteiger partial charge in [0.05, 0.1) is 18.4 Å². The average Bonchev–Trinajstić information content (AvgIpc) is 3.30. The molecule has 2 aromatic carbocycles. The number of aromatic nitrogens is 2. The van der Waals surface area contributed by atoms with Gasteiger partial charge >= 0.3 is 0 Å².